The molecule has 2 aromatic rings. The van der Waals surface area contributed by atoms with Gasteiger partial charge in [0, 0.05) is 32.2 Å². The Labute approximate surface area is 171 Å². The van der Waals surface area contributed by atoms with E-state index in [0.717, 1.165) is 12.0 Å². The van der Waals surface area contributed by atoms with Gasteiger partial charge in [-0.3, -0.25) is 9.59 Å². The Bertz CT molecular complexity index is 825. The van der Waals surface area contributed by atoms with Crippen molar-refractivity contribution in [3.05, 3.63) is 65.7 Å². The number of methoxy groups -OCH3 is 2. The van der Waals surface area contributed by atoms with Crippen LogP contribution in [0.15, 0.2) is 54.6 Å². The maximum Gasteiger partial charge on any atom is 0.226 e. The van der Waals surface area contributed by atoms with E-state index < -0.39 is 5.92 Å². The Balaban J connectivity index is 1.77. The van der Waals surface area contributed by atoms with Crippen LogP contribution in [0.2, 0.25) is 0 Å². The summed E-state index contributed by atoms with van der Waals surface area (Å²) in [6.45, 7) is 1.38. The Morgan fingerprint density at radius 2 is 1.83 bits per heavy atom. The third kappa shape index (κ3) is 4.95. The third-order valence-electron chi connectivity index (χ3n) is 5.32. The first-order chi connectivity index (χ1) is 14.2. The summed E-state index contributed by atoms with van der Waals surface area (Å²) in [6, 6.07) is 17.2. The minimum Gasteiger partial charge on any atom is -0.496 e. The molecule has 2 atom stereocenters. The van der Waals surface area contributed by atoms with Crippen LogP contribution in [0, 0.1) is 5.92 Å². The number of benzene rings is 2. The molecule has 2 amide bonds. The number of nitrogens with zero attached hydrogens (tertiary/aromatic N) is 1. The van der Waals surface area contributed by atoms with Crippen LogP contribution in [0.3, 0.4) is 0 Å². The van der Waals surface area contributed by atoms with Gasteiger partial charge in [-0.15, -0.1) is 0 Å². The molecule has 6 nitrogen and oxygen atoms in total. The highest BCUT2D eigenvalue weighted by Crippen LogP contribution is 2.41. The van der Waals surface area contributed by atoms with E-state index in [4.69, 9.17) is 9.47 Å². The molecule has 0 saturated carbocycles. The molecule has 3 rings (SSSR count). The van der Waals surface area contributed by atoms with Crippen molar-refractivity contribution in [2.75, 3.05) is 33.9 Å². The number of carbonyl (C=O) groups excluding carboxylic acids is 2. The highest BCUT2D eigenvalue weighted by molar-refractivity contribution is 5.90. The second-order valence-corrected chi connectivity index (χ2v) is 7.10. The number of hydrogen-bond donors (Lipinski definition) is 1. The number of ether oxygens (including phenoxy) is 2. The first kappa shape index (κ1) is 20.9. The molecule has 1 aliphatic rings. The monoisotopic (exact) mass is 396 g/mol. The van der Waals surface area contributed by atoms with E-state index in [1.165, 1.54) is 5.56 Å². The van der Waals surface area contributed by atoms with Gasteiger partial charge in [0.05, 0.1) is 25.7 Å². The van der Waals surface area contributed by atoms with Crippen LogP contribution in [0.1, 0.15) is 23.6 Å². The number of likely N-dealkylation sites (tertiary alicyclic amines) is 1. The second-order valence-electron chi connectivity index (χ2n) is 7.10. The first-order valence-corrected chi connectivity index (χ1v) is 9.88. The molecule has 1 saturated heterocycles. The van der Waals surface area contributed by atoms with Crippen molar-refractivity contribution in [3.8, 4) is 5.75 Å². The number of amides is 2. The highest BCUT2D eigenvalue weighted by Gasteiger charge is 2.45. The summed E-state index contributed by atoms with van der Waals surface area (Å²) in [6.07, 6.45) is 0.934. The van der Waals surface area contributed by atoms with Gasteiger partial charge in [0.2, 0.25) is 11.8 Å². The predicted molar refractivity (Wildman–Crippen MR) is 111 cm³/mol. The number of nitrogens with one attached hydrogen (secondary N) is 1. The fraction of sp³-hybridized carbons (Fsp3) is 0.391. The zero-order chi connectivity index (χ0) is 20.6. The minimum absolute atomic E-state index is 0.0406. The molecule has 2 aromatic carbocycles. The maximum atomic E-state index is 13.0. The van der Waals surface area contributed by atoms with Crippen LogP contribution in [0.5, 0.6) is 5.75 Å². The molecule has 6 heteroatoms. The van der Waals surface area contributed by atoms with Gasteiger partial charge in [-0.1, -0.05) is 48.5 Å². The molecule has 0 radical (unpaired) electrons. The lowest BCUT2D eigenvalue weighted by Gasteiger charge is -2.29. The Morgan fingerprint density at radius 3 is 2.55 bits per heavy atom. The predicted octanol–water partition coefficient (Wildman–Crippen LogP) is 2.59. The van der Waals surface area contributed by atoms with Gasteiger partial charge in [-0.2, -0.15) is 0 Å². The summed E-state index contributed by atoms with van der Waals surface area (Å²) in [5, 5.41) is 3.02. The number of carbonyl (C=O) groups is 2. The second kappa shape index (κ2) is 10.1. The van der Waals surface area contributed by atoms with Crippen molar-refractivity contribution in [1.82, 2.24) is 10.2 Å². The molecule has 29 heavy (non-hydrogen) atoms. The topological polar surface area (TPSA) is 67.9 Å². The fourth-order valence-corrected chi connectivity index (χ4v) is 3.88. The molecule has 1 N–H and O–H groups in total. The molecule has 0 bridgehead atoms. The smallest absolute Gasteiger partial charge is 0.226 e. The lowest BCUT2D eigenvalue weighted by molar-refractivity contribution is -0.129. The normalized spacial score (nSPS) is 18.7. The van der Waals surface area contributed by atoms with Crippen molar-refractivity contribution >= 4 is 11.8 Å². The van der Waals surface area contributed by atoms with E-state index >= 15 is 0 Å². The Morgan fingerprint density at radius 1 is 1.10 bits per heavy atom. The molecular weight excluding hydrogens is 368 g/mol. The van der Waals surface area contributed by atoms with E-state index in [9.17, 15) is 9.59 Å². The molecule has 1 aliphatic heterocycles. The number of para-hydroxylation sites is 1. The first-order valence-electron chi connectivity index (χ1n) is 9.88. The fourth-order valence-electron chi connectivity index (χ4n) is 3.88. The lowest BCUT2D eigenvalue weighted by atomic mass is 9.92. The molecule has 0 aliphatic carbocycles. The molecule has 0 spiro atoms. The highest BCUT2D eigenvalue weighted by atomic mass is 16.5. The molecule has 154 valence electrons. The summed E-state index contributed by atoms with van der Waals surface area (Å²) >= 11 is 0. The average molecular weight is 396 g/mol. The molecule has 1 heterocycles. The largest absolute Gasteiger partial charge is 0.496 e. The summed E-state index contributed by atoms with van der Waals surface area (Å²) in [5.41, 5.74) is 2.01. The number of rotatable bonds is 9. The third-order valence-corrected chi connectivity index (χ3v) is 5.32. The zero-order valence-electron chi connectivity index (χ0n) is 17.0. The summed E-state index contributed by atoms with van der Waals surface area (Å²) < 4.78 is 10.7. The van der Waals surface area contributed by atoms with Crippen molar-refractivity contribution in [3.63, 3.8) is 0 Å². The van der Waals surface area contributed by atoms with Crippen LogP contribution in [0.4, 0.5) is 0 Å². The van der Waals surface area contributed by atoms with E-state index in [1.54, 1.807) is 19.1 Å². The molecule has 1 fully saturated rings. The lowest BCUT2D eigenvalue weighted by Crippen LogP contribution is -2.37. The van der Waals surface area contributed by atoms with Crippen molar-refractivity contribution in [2.24, 2.45) is 5.92 Å². The molecular formula is C23H28N2O4. The summed E-state index contributed by atoms with van der Waals surface area (Å²) in [4.78, 5) is 27.5. The van der Waals surface area contributed by atoms with Gasteiger partial charge in [-0.05, 0) is 18.1 Å². The van der Waals surface area contributed by atoms with Gasteiger partial charge in [0.1, 0.15) is 5.75 Å². The average Bonchev–Trinajstić information content (AvgIpc) is 3.08. The van der Waals surface area contributed by atoms with Crippen LogP contribution in [-0.2, 0) is 20.7 Å². The van der Waals surface area contributed by atoms with Crippen LogP contribution < -0.4 is 10.1 Å². The van der Waals surface area contributed by atoms with Crippen molar-refractivity contribution < 1.29 is 19.1 Å². The van der Waals surface area contributed by atoms with Gasteiger partial charge in [0.25, 0.3) is 0 Å². The SMILES string of the molecule is COCCN1C(=O)C[C@@H](C(=O)NCCc2ccccc2)[C@@H]1c1ccccc1OC. The van der Waals surface area contributed by atoms with E-state index in [-0.39, 0.29) is 24.3 Å². The van der Waals surface area contributed by atoms with Gasteiger partial charge in [0.15, 0.2) is 0 Å². The van der Waals surface area contributed by atoms with Crippen LogP contribution >= 0.6 is 0 Å². The zero-order valence-corrected chi connectivity index (χ0v) is 17.0. The summed E-state index contributed by atoms with van der Waals surface area (Å²) in [7, 11) is 3.20. The van der Waals surface area contributed by atoms with Crippen LogP contribution in [-0.4, -0.2) is 50.6 Å². The Kier molecular flexibility index (Phi) is 7.25. The Hall–Kier alpha value is -2.86. The van der Waals surface area contributed by atoms with E-state index in [2.05, 4.69) is 5.32 Å². The van der Waals surface area contributed by atoms with E-state index in [1.807, 2.05) is 54.6 Å². The van der Waals surface area contributed by atoms with E-state index in [0.29, 0.717) is 25.4 Å². The van der Waals surface area contributed by atoms with Crippen LogP contribution in [0.25, 0.3) is 0 Å². The van der Waals surface area contributed by atoms with Gasteiger partial charge in [-0.25, -0.2) is 0 Å². The quantitative estimate of drug-likeness (QED) is 0.708. The van der Waals surface area contributed by atoms with Crippen molar-refractivity contribution in [2.45, 2.75) is 18.9 Å². The molecule has 0 unspecified atom stereocenters. The maximum absolute atomic E-state index is 13.0. The number of hydrogen-bond acceptors (Lipinski definition) is 4. The minimum atomic E-state index is -0.466. The van der Waals surface area contributed by atoms with Gasteiger partial charge < -0.3 is 19.7 Å². The standard InChI is InChI=1S/C23H28N2O4/c1-28-15-14-25-21(26)16-19(22(25)18-10-6-7-11-20(18)29-2)23(27)24-13-12-17-8-4-3-5-9-17/h3-11,19,22H,12-16H2,1-2H3,(H,24,27)/t19-,22+/m1/s1. The van der Waals surface area contributed by atoms with Gasteiger partial charge >= 0.3 is 0 Å². The summed E-state index contributed by atoms with van der Waals surface area (Å²) in [5.74, 6) is 0.0643. The van der Waals surface area contributed by atoms with Crippen molar-refractivity contribution in [1.29, 1.82) is 0 Å². The molecule has 0 aromatic heterocycles.